The molecule has 3 heteroatoms. The van der Waals surface area contributed by atoms with Crippen molar-refractivity contribution in [3.05, 3.63) is 29.8 Å². The summed E-state index contributed by atoms with van der Waals surface area (Å²) in [5.74, 6) is 1.65. The number of hydrogen-bond acceptors (Lipinski definition) is 3. The van der Waals surface area contributed by atoms with Crippen molar-refractivity contribution in [2.24, 2.45) is 5.92 Å². The van der Waals surface area contributed by atoms with Crippen molar-refractivity contribution in [2.45, 2.75) is 45.6 Å². The zero-order chi connectivity index (χ0) is 15.1. The molecule has 1 N–H and O–H groups in total. The first-order valence-electron chi connectivity index (χ1n) is 8.32. The van der Waals surface area contributed by atoms with Gasteiger partial charge in [0.15, 0.2) is 0 Å². The van der Waals surface area contributed by atoms with Gasteiger partial charge in [-0.3, -0.25) is 0 Å². The molecule has 0 radical (unpaired) electrons. The Morgan fingerprint density at radius 2 is 2.29 bits per heavy atom. The van der Waals surface area contributed by atoms with E-state index >= 15 is 0 Å². The maximum Gasteiger partial charge on any atom is 0.119 e. The second-order valence-corrected chi connectivity index (χ2v) is 6.27. The molecule has 0 aromatic heterocycles. The van der Waals surface area contributed by atoms with Crippen LogP contribution in [-0.2, 0) is 0 Å². The number of hydrogen-bond donors (Lipinski definition) is 1. The summed E-state index contributed by atoms with van der Waals surface area (Å²) in [7, 11) is 0. The smallest absolute Gasteiger partial charge is 0.119 e. The Hall–Kier alpha value is -1.06. The quantitative estimate of drug-likeness (QED) is 0.832. The molecule has 0 saturated carbocycles. The van der Waals surface area contributed by atoms with E-state index in [1.54, 1.807) is 0 Å². The number of likely N-dealkylation sites (tertiary alicyclic amines) is 1. The van der Waals surface area contributed by atoms with Crippen LogP contribution in [0.1, 0.15) is 51.2 Å². The highest BCUT2D eigenvalue weighted by atomic mass is 16.5. The van der Waals surface area contributed by atoms with Crippen LogP contribution in [0.5, 0.6) is 5.75 Å². The zero-order valence-corrected chi connectivity index (χ0v) is 13.4. The van der Waals surface area contributed by atoms with E-state index in [-0.39, 0.29) is 0 Å². The molecule has 1 aromatic rings. The lowest BCUT2D eigenvalue weighted by Crippen LogP contribution is -2.35. The van der Waals surface area contributed by atoms with Gasteiger partial charge >= 0.3 is 0 Å². The van der Waals surface area contributed by atoms with E-state index in [4.69, 9.17) is 4.74 Å². The molecule has 0 bridgehead atoms. The Bertz CT molecular complexity index is 421. The van der Waals surface area contributed by atoms with Crippen LogP contribution in [-0.4, -0.2) is 36.2 Å². The first-order valence-corrected chi connectivity index (χ1v) is 8.32. The largest absolute Gasteiger partial charge is 0.494 e. The number of aliphatic hydroxyl groups excluding tert-OH is 1. The molecule has 2 atom stereocenters. The highest BCUT2D eigenvalue weighted by molar-refractivity contribution is 5.29. The van der Waals surface area contributed by atoms with Gasteiger partial charge in [-0.1, -0.05) is 26.0 Å². The molecule has 1 heterocycles. The van der Waals surface area contributed by atoms with Gasteiger partial charge < -0.3 is 14.7 Å². The highest BCUT2D eigenvalue weighted by Crippen LogP contribution is 2.23. The predicted molar refractivity (Wildman–Crippen MR) is 86.6 cm³/mol. The van der Waals surface area contributed by atoms with Crippen LogP contribution in [0.3, 0.4) is 0 Å². The fourth-order valence-corrected chi connectivity index (χ4v) is 2.99. The summed E-state index contributed by atoms with van der Waals surface area (Å²) in [6.45, 7) is 8.47. The Morgan fingerprint density at radius 3 is 3.05 bits per heavy atom. The minimum absolute atomic E-state index is 0.396. The number of aliphatic hydroxyl groups is 1. The van der Waals surface area contributed by atoms with E-state index in [9.17, 15) is 5.11 Å². The average molecular weight is 291 g/mol. The van der Waals surface area contributed by atoms with Crippen molar-refractivity contribution >= 4 is 0 Å². The molecule has 1 saturated heterocycles. The summed E-state index contributed by atoms with van der Waals surface area (Å²) in [6, 6.07) is 7.88. The van der Waals surface area contributed by atoms with E-state index in [0.29, 0.717) is 0 Å². The maximum atomic E-state index is 10.4. The van der Waals surface area contributed by atoms with E-state index in [1.165, 1.54) is 25.9 Å². The third kappa shape index (κ3) is 5.33. The first kappa shape index (κ1) is 16.3. The second kappa shape index (κ2) is 8.40. The molecule has 1 aliphatic heterocycles. The van der Waals surface area contributed by atoms with Crippen molar-refractivity contribution in [3.8, 4) is 5.75 Å². The van der Waals surface area contributed by atoms with E-state index in [0.717, 1.165) is 43.2 Å². The molecule has 1 fully saturated rings. The molecule has 21 heavy (non-hydrogen) atoms. The standard InChI is InChI=1S/C18H29NO2/c1-3-12-21-17-8-4-7-16(13-17)18(20)9-11-19-10-5-6-15(2)14-19/h4,7-8,13,15,18,20H,3,5-6,9-12,14H2,1-2H3. The van der Waals surface area contributed by atoms with Crippen molar-refractivity contribution < 1.29 is 9.84 Å². The Kier molecular flexibility index (Phi) is 6.52. The summed E-state index contributed by atoms with van der Waals surface area (Å²) >= 11 is 0. The summed E-state index contributed by atoms with van der Waals surface area (Å²) < 4.78 is 5.63. The first-order chi connectivity index (χ1) is 10.2. The third-order valence-electron chi connectivity index (χ3n) is 4.18. The number of benzene rings is 1. The maximum absolute atomic E-state index is 10.4. The summed E-state index contributed by atoms with van der Waals surface area (Å²) in [5, 5.41) is 10.4. The average Bonchev–Trinajstić information content (AvgIpc) is 2.51. The number of ether oxygens (including phenoxy) is 1. The Labute approximate surface area is 128 Å². The summed E-state index contributed by atoms with van der Waals surface area (Å²) in [6.07, 6.45) is 4.03. The van der Waals surface area contributed by atoms with Crippen LogP contribution >= 0.6 is 0 Å². The van der Waals surface area contributed by atoms with Crippen LogP contribution in [0.15, 0.2) is 24.3 Å². The summed E-state index contributed by atoms with van der Waals surface area (Å²) in [4.78, 5) is 2.48. The monoisotopic (exact) mass is 291 g/mol. The van der Waals surface area contributed by atoms with Crippen molar-refractivity contribution in [3.63, 3.8) is 0 Å². The van der Waals surface area contributed by atoms with Gasteiger partial charge in [0.2, 0.25) is 0 Å². The lowest BCUT2D eigenvalue weighted by molar-refractivity contribution is 0.121. The fraction of sp³-hybridized carbons (Fsp3) is 0.667. The van der Waals surface area contributed by atoms with E-state index in [1.807, 2.05) is 24.3 Å². The lowest BCUT2D eigenvalue weighted by atomic mass is 9.99. The molecule has 3 nitrogen and oxygen atoms in total. The Morgan fingerprint density at radius 1 is 1.43 bits per heavy atom. The normalized spacial score (nSPS) is 21.2. The van der Waals surface area contributed by atoms with E-state index in [2.05, 4.69) is 18.7 Å². The van der Waals surface area contributed by atoms with E-state index < -0.39 is 6.10 Å². The van der Waals surface area contributed by atoms with Crippen LogP contribution in [0.4, 0.5) is 0 Å². The van der Waals surface area contributed by atoms with Gasteiger partial charge in [-0.25, -0.2) is 0 Å². The van der Waals surface area contributed by atoms with Gasteiger partial charge in [-0.2, -0.15) is 0 Å². The fourth-order valence-electron chi connectivity index (χ4n) is 2.99. The number of piperidine rings is 1. The summed E-state index contributed by atoms with van der Waals surface area (Å²) in [5.41, 5.74) is 0.966. The van der Waals surface area contributed by atoms with Crippen LogP contribution in [0.2, 0.25) is 0 Å². The second-order valence-electron chi connectivity index (χ2n) is 6.27. The van der Waals surface area contributed by atoms with Gasteiger partial charge in [0, 0.05) is 13.1 Å². The van der Waals surface area contributed by atoms with Gasteiger partial charge in [0.1, 0.15) is 5.75 Å². The Balaban J connectivity index is 1.83. The molecule has 0 amide bonds. The highest BCUT2D eigenvalue weighted by Gasteiger charge is 2.17. The van der Waals surface area contributed by atoms with Gasteiger partial charge in [0.25, 0.3) is 0 Å². The lowest BCUT2D eigenvalue weighted by Gasteiger charge is -2.31. The van der Waals surface area contributed by atoms with Crippen LogP contribution < -0.4 is 4.74 Å². The third-order valence-corrected chi connectivity index (χ3v) is 4.18. The van der Waals surface area contributed by atoms with Crippen molar-refractivity contribution in [2.75, 3.05) is 26.2 Å². The van der Waals surface area contributed by atoms with Gasteiger partial charge in [0.05, 0.1) is 12.7 Å². The SMILES string of the molecule is CCCOc1cccc(C(O)CCN2CCCC(C)C2)c1. The molecule has 118 valence electrons. The number of rotatable bonds is 7. The van der Waals surface area contributed by atoms with Crippen LogP contribution in [0.25, 0.3) is 0 Å². The van der Waals surface area contributed by atoms with Crippen molar-refractivity contribution in [1.29, 1.82) is 0 Å². The molecular formula is C18H29NO2. The molecule has 0 aliphatic carbocycles. The number of nitrogens with zero attached hydrogens (tertiary/aromatic N) is 1. The molecule has 1 aromatic carbocycles. The van der Waals surface area contributed by atoms with Gasteiger partial charge in [-0.15, -0.1) is 0 Å². The minimum Gasteiger partial charge on any atom is -0.494 e. The molecule has 0 spiro atoms. The zero-order valence-electron chi connectivity index (χ0n) is 13.4. The van der Waals surface area contributed by atoms with Gasteiger partial charge in [-0.05, 0) is 55.8 Å². The predicted octanol–water partition coefficient (Wildman–Crippen LogP) is 3.63. The molecule has 2 unspecified atom stereocenters. The van der Waals surface area contributed by atoms with Crippen molar-refractivity contribution in [1.82, 2.24) is 4.90 Å². The molecule has 1 aliphatic rings. The minimum atomic E-state index is -0.396. The topological polar surface area (TPSA) is 32.7 Å². The molecule has 2 rings (SSSR count). The molecular weight excluding hydrogens is 262 g/mol. The van der Waals surface area contributed by atoms with Crippen LogP contribution in [0, 0.1) is 5.92 Å².